The van der Waals surface area contributed by atoms with Gasteiger partial charge in [-0.3, -0.25) is 28.6 Å². The lowest BCUT2D eigenvalue weighted by atomic mass is 9.99. The molecule has 2 aliphatic rings. The van der Waals surface area contributed by atoms with Gasteiger partial charge in [-0.25, -0.2) is 4.98 Å². The average Bonchev–Trinajstić information content (AvgIpc) is 3.39. The molecule has 44 heavy (non-hydrogen) atoms. The highest BCUT2D eigenvalue weighted by atomic mass is 35.5. The van der Waals surface area contributed by atoms with Crippen LogP contribution in [0, 0.1) is 0 Å². The quantitative estimate of drug-likeness (QED) is 0.186. The molecule has 0 saturated carbocycles. The molecule has 0 aliphatic carbocycles. The predicted molar refractivity (Wildman–Crippen MR) is 173 cm³/mol. The van der Waals surface area contributed by atoms with Crippen molar-refractivity contribution in [2.24, 2.45) is 0 Å². The van der Waals surface area contributed by atoms with Crippen LogP contribution in [0.3, 0.4) is 0 Å². The number of aldehydes is 1. The molecule has 12 heteroatoms. The summed E-state index contributed by atoms with van der Waals surface area (Å²) in [4.78, 5) is 34.7. The van der Waals surface area contributed by atoms with E-state index in [2.05, 4.69) is 20.2 Å². The van der Waals surface area contributed by atoms with Crippen molar-refractivity contribution >= 4 is 46.0 Å². The summed E-state index contributed by atoms with van der Waals surface area (Å²) in [6, 6.07) is 16.2. The summed E-state index contributed by atoms with van der Waals surface area (Å²) in [6.45, 7) is 1.69. The maximum absolute atomic E-state index is 11.7. The van der Waals surface area contributed by atoms with Crippen molar-refractivity contribution in [1.29, 1.82) is 0 Å². The van der Waals surface area contributed by atoms with Gasteiger partial charge in [-0.15, -0.1) is 0 Å². The highest BCUT2D eigenvalue weighted by Gasteiger charge is 2.30. The number of hydrogen-bond donors (Lipinski definition) is 3. The van der Waals surface area contributed by atoms with Crippen LogP contribution < -0.4 is 10.1 Å². The van der Waals surface area contributed by atoms with Gasteiger partial charge in [0.05, 0.1) is 44.8 Å². The van der Waals surface area contributed by atoms with Gasteiger partial charge in [0.15, 0.2) is 6.29 Å². The molecule has 4 aromatic rings. The Morgan fingerprint density at radius 2 is 1.89 bits per heavy atom. The summed E-state index contributed by atoms with van der Waals surface area (Å²) in [7, 11) is -1.63. The smallest absolute Gasteiger partial charge is 0.224 e. The zero-order valence-electron chi connectivity index (χ0n) is 23.8. The van der Waals surface area contributed by atoms with E-state index in [9.17, 15) is 18.7 Å². The van der Waals surface area contributed by atoms with E-state index in [0.29, 0.717) is 86.5 Å². The van der Waals surface area contributed by atoms with Gasteiger partial charge in [0.25, 0.3) is 0 Å². The molecule has 3 N–H and O–H groups in total. The third kappa shape index (κ3) is 5.93. The van der Waals surface area contributed by atoms with E-state index in [0.717, 1.165) is 12.0 Å². The number of fused-ring (bicyclic) bond motifs is 1. The summed E-state index contributed by atoms with van der Waals surface area (Å²) in [5.41, 5.74) is 4.75. The summed E-state index contributed by atoms with van der Waals surface area (Å²) in [5, 5.41) is 3.77. The zero-order valence-corrected chi connectivity index (χ0v) is 26.1. The third-order valence-corrected chi connectivity index (χ3v) is 10.6. The molecule has 1 amide bonds. The van der Waals surface area contributed by atoms with Crippen LogP contribution in [0.15, 0.2) is 65.7 Å². The number of pyridine rings is 2. The number of carbonyl (C=O) groups is 2. The third-order valence-electron chi connectivity index (χ3n) is 8.01. The Hall–Kier alpha value is -3.51. The summed E-state index contributed by atoms with van der Waals surface area (Å²) < 4.78 is 27.6. The molecular weight excluding hydrogens is 623 g/mol. The second-order valence-electron chi connectivity index (χ2n) is 10.8. The van der Waals surface area contributed by atoms with E-state index in [-0.39, 0.29) is 23.6 Å². The Balaban J connectivity index is 1.34. The molecule has 4 heterocycles. The monoisotopic (exact) mass is 652 g/mol. The number of hydrogen-bond acceptors (Lipinski definition) is 8. The fraction of sp³-hybridized carbons (Fsp3) is 0.250. The largest absolute Gasteiger partial charge is 0.480 e. The number of nitrogens with one attached hydrogen (secondary N) is 1. The van der Waals surface area contributed by atoms with Gasteiger partial charge in [0, 0.05) is 60.5 Å². The van der Waals surface area contributed by atoms with Crippen LogP contribution in [0.2, 0.25) is 10.0 Å². The van der Waals surface area contributed by atoms with Gasteiger partial charge < -0.3 is 10.1 Å². The Bertz CT molecular complexity index is 1770. The van der Waals surface area contributed by atoms with Crippen molar-refractivity contribution in [3.8, 4) is 39.5 Å². The van der Waals surface area contributed by atoms with E-state index in [1.807, 2.05) is 30.3 Å². The fourth-order valence-corrected chi connectivity index (χ4v) is 8.00. The number of carbonyl (C=O) groups excluding carboxylic acids is 2. The van der Waals surface area contributed by atoms with E-state index in [4.69, 9.17) is 27.9 Å². The van der Waals surface area contributed by atoms with Crippen molar-refractivity contribution in [2.45, 2.75) is 30.3 Å². The van der Waals surface area contributed by atoms with Crippen LogP contribution in [0.5, 0.6) is 5.88 Å². The van der Waals surface area contributed by atoms with Crippen molar-refractivity contribution in [1.82, 2.24) is 20.2 Å². The first-order chi connectivity index (χ1) is 21.2. The van der Waals surface area contributed by atoms with Gasteiger partial charge in [-0.2, -0.15) is 10.6 Å². The van der Waals surface area contributed by atoms with Crippen molar-refractivity contribution in [3.63, 3.8) is 0 Å². The molecule has 1 atom stereocenters. The lowest BCUT2D eigenvalue weighted by Crippen LogP contribution is -2.39. The number of benzene rings is 2. The molecule has 0 radical (unpaired) electrons. The van der Waals surface area contributed by atoms with E-state index < -0.39 is 10.6 Å². The minimum Gasteiger partial charge on any atom is -0.480 e. The number of ether oxygens (including phenoxy) is 1. The highest BCUT2D eigenvalue weighted by molar-refractivity contribution is 8.24. The Morgan fingerprint density at radius 3 is 2.64 bits per heavy atom. The first-order valence-electron chi connectivity index (χ1n) is 14.0. The SMILES string of the molecule is COc1nc(-c2cccc(-c3ccnc(-c4ccc5c(c4)S(O)(O)CCN(CC4CCC(=O)N4)C5)c3Cl)c2Cl)ccc1C=O. The highest BCUT2D eigenvalue weighted by Crippen LogP contribution is 2.52. The van der Waals surface area contributed by atoms with Crippen LogP contribution in [-0.4, -0.2) is 68.2 Å². The number of halogens is 2. The molecule has 1 fully saturated rings. The summed E-state index contributed by atoms with van der Waals surface area (Å²) in [6.07, 6.45) is 3.62. The molecule has 0 spiro atoms. The van der Waals surface area contributed by atoms with E-state index in [1.165, 1.54) is 7.11 Å². The molecule has 9 nitrogen and oxygen atoms in total. The van der Waals surface area contributed by atoms with Gasteiger partial charge in [0.2, 0.25) is 11.8 Å². The van der Waals surface area contributed by atoms with E-state index in [1.54, 1.807) is 30.5 Å². The van der Waals surface area contributed by atoms with Crippen LogP contribution in [0.25, 0.3) is 33.6 Å². The average molecular weight is 654 g/mol. The second-order valence-corrected chi connectivity index (χ2v) is 13.8. The lowest BCUT2D eigenvalue weighted by molar-refractivity contribution is -0.119. The molecule has 2 aromatic heterocycles. The fourth-order valence-electron chi connectivity index (χ4n) is 5.75. The molecule has 0 bridgehead atoms. The van der Waals surface area contributed by atoms with Crippen LogP contribution in [0.1, 0.15) is 28.8 Å². The first kappa shape index (κ1) is 30.5. The molecule has 1 saturated heterocycles. The standard InChI is InChI=1S/C32H30Cl2N4O5S/c1-43-32-21(18-39)7-9-26(37-32)25-4-2-3-23(29(25)33)24-11-12-35-31(30(24)34)19-5-6-20-16-38(17-22-8-10-28(40)36-22)13-14-44(41,42)27(20)15-19/h2-7,9,11-12,15,18,22,41-42H,8,10,13-14,16-17H2,1H3,(H,36,40). The van der Waals surface area contributed by atoms with Gasteiger partial charge in [0.1, 0.15) is 0 Å². The van der Waals surface area contributed by atoms with Crippen LogP contribution >= 0.6 is 33.8 Å². The van der Waals surface area contributed by atoms with Crippen LogP contribution in [0.4, 0.5) is 0 Å². The normalized spacial score (nSPS) is 18.7. The zero-order chi connectivity index (χ0) is 31.0. The molecule has 6 rings (SSSR count). The Kier molecular flexibility index (Phi) is 8.65. The topological polar surface area (TPSA) is 125 Å². The molecule has 1 unspecified atom stereocenters. The number of aromatic nitrogens is 2. The second kappa shape index (κ2) is 12.5. The predicted octanol–water partition coefficient (Wildman–Crippen LogP) is 6.81. The van der Waals surface area contributed by atoms with Gasteiger partial charge >= 0.3 is 0 Å². The van der Waals surface area contributed by atoms with Gasteiger partial charge in [-0.1, -0.05) is 53.5 Å². The molecule has 228 valence electrons. The van der Waals surface area contributed by atoms with Crippen molar-refractivity contribution in [3.05, 3.63) is 82.0 Å². The molecule has 2 aromatic carbocycles. The van der Waals surface area contributed by atoms with Gasteiger partial charge in [-0.05, 0) is 36.2 Å². The molecule has 2 aliphatic heterocycles. The first-order valence-corrected chi connectivity index (χ1v) is 16.5. The number of amides is 1. The van der Waals surface area contributed by atoms with Crippen molar-refractivity contribution < 1.29 is 23.4 Å². The number of rotatable bonds is 7. The minimum absolute atomic E-state index is 0.0592. The summed E-state index contributed by atoms with van der Waals surface area (Å²) >= 11 is 13.9. The Labute approximate surface area is 266 Å². The Morgan fingerprint density at radius 1 is 1.09 bits per heavy atom. The van der Waals surface area contributed by atoms with E-state index >= 15 is 0 Å². The van der Waals surface area contributed by atoms with Crippen LogP contribution in [-0.2, 0) is 11.3 Å². The lowest BCUT2D eigenvalue weighted by Gasteiger charge is -2.32. The van der Waals surface area contributed by atoms with Crippen molar-refractivity contribution in [2.75, 3.05) is 26.0 Å². The maximum Gasteiger partial charge on any atom is 0.224 e. The maximum atomic E-state index is 11.7. The molecular formula is C32H30Cl2N4O5S. The minimum atomic E-state index is -3.08. The summed E-state index contributed by atoms with van der Waals surface area (Å²) in [5.74, 6) is 0.454. The number of nitrogens with zero attached hydrogens (tertiary/aromatic N) is 3. The number of methoxy groups -OCH3 is 1.